The number of rotatable bonds is 7. The number of anilines is 1. The minimum atomic E-state index is -2.69. The van der Waals surface area contributed by atoms with Crippen molar-refractivity contribution >= 4 is 29.1 Å². The van der Waals surface area contributed by atoms with Crippen molar-refractivity contribution < 1.29 is 27.8 Å². The van der Waals surface area contributed by atoms with E-state index in [2.05, 4.69) is 5.32 Å². The summed E-state index contributed by atoms with van der Waals surface area (Å²) in [7, 11) is 0. The minimum absolute atomic E-state index is 0.0462. The van der Waals surface area contributed by atoms with Crippen LogP contribution in [0.1, 0.15) is 26.5 Å². The predicted molar refractivity (Wildman–Crippen MR) is 115 cm³/mol. The number of hydrogen-bond acceptors (Lipinski definition) is 5. The quantitative estimate of drug-likeness (QED) is 0.556. The van der Waals surface area contributed by atoms with Crippen LogP contribution in [-0.2, 0) is 16.1 Å². The molecule has 0 aliphatic carbocycles. The first-order chi connectivity index (χ1) is 15.1. The highest BCUT2D eigenvalue weighted by Crippen LogP contribution is 2.31. The molecule has 3 aromatic rings. The number of carbonyl (C=O) groups excluding carboxylic acids is 2. The Morgan fingerprint density at radius 3 is 2.62 bits per heavy atom. The van der Waals surface area contributed by atoms with Gasteiger partial charge in [0.05, 0.1) is 12.2 Å². The van der Waals surface area contributed by atoms with E-state index in [1.165, 1.54) is 27.5 Å². The number of nitrogens with one attached hydrogen (secondary N) is 1. The van der Waals surface area contributed by atoms with Crippen molar-refractivity contribution in [1.29, 1.82) is 0 Å². The van der Waals surface area contributed by atoms with Gasteiger partial charge < -0.3 is 19.4 Å². The number of carbonyl (C=O) groups is 2. The Kier molecular flexibility index (Phi) is 6.61. The summed E-state index contributed by atoms with van der Waals surface area (Å²) in [6.07, 6.45) is -1.54. The summed E-state index contributed by atoms with van der Waals surface area (Å²) in [6, 6.07) is 9.48. The molecule has 0 unspecified atom stereocenters. The van der Waals surface area contributed by atoms with Crippen molar-refractivity contribution in [3.63, 3.8) is 0 Å². The zero-order valence-electron chi connectivity index (χ0n) is 17.8. The first-order valence-electron chi connectivity index (χ1n) is 9.78. The van der Waals surface area contributed by atoms with E-state index in [0.29, 0.717) is 17.5 Å². The molecule has 10 heteroatoms. The fourth-order valence-corrected chi connectivity index (χ4v) is 3.19. The highest BCUT2D eigenvalue weighted by Gasteiger charge is 2.24. The van der Waals surface area contributed by atoms with Crippen LogP contribution in [0.3, 0.4) is 0 Å². The van der Waals surface area contributed by atoms with Crippen LogP contribution in [0.15, 0.2) is 47.4 Å². The molecule has 0 atom stereocenters. The van der Waals surface area contributed by atoms with Gasteiger partial charge in [-0.1, -0.05) is 12.1 Å². The first kappa shape index (κ1) is 23.0. The van der Waals surface area contributed by atoms with Crippen LogP contribution in [0.5, 0.6) is 5.75 Å². The lowest BCUT2D eigenvalue weighted by atomic mass is 10.2. The van der Waals surface area contributed by atoms with E-state index < -0.39 is 30.3 Å². The van der Waals surface area contributed by atoms with Gasteiger partial charge in [0.2, 0.25) is 6.41 Å². The number of ether oxygens (including phenoxy) is 2. The molecule has 1 amide bonds. The van der Waals surface area contributed by atoms with Gasteiger partial charge in [0.15, 0.2) is 0 Å². The second-order valence-electron chi connectivity index (χ2n) is 7.96. The molecular formula is C22H23F2N3O5. The summed E-state index contributed by atoms with van der Waals surface area (Å²) >= 11 is 0. The van der Waals surface area contributed by atoms with Crippen LogP contribution in [0.4, 0.5) is 19.3 Å². The van der Waals surface area contributed by atoms with Crippen LogP contribution in [0.25, 0.3) is 10.9 Å². The molecule has 0 bridgehead atoms. The van der Waals surface area contributed by atoms with Gasteiger partial charge in [0, 0.05) is 11.6 Å². The molecule has 2 heterocycles. The summed E-state index contributed by atoms with van der Waals surface area (Å²) in [5.74, 6) is 0.0867. The molecule has 1 N–H and O–H groups in total. The number of pyridine rings is 1. The van der Waals surface area contributed by atoms with E-state index in [1.54, 1.807) is 45.0 Å². The number of aromatic nitrogens is 2. The molecule has 170 valence electrons. The number of amides is 1. The number of benzene rings is 1. The van der Waals surface area contributed by atoms with Crippen LogP contribution in [-0.4, -0.2) is 40.3 Å². The van der Waals surface area contributed by atoms with Crippen molar-refractivity contribution in [3.8, 4) is 5.75 Å². The summed E-state index contributed by atoms with van der Waals surface area (Å²) in [5.41, 5.74) is -0.604. The van der Waals surface area contributed by atoms with Crippen molar-refractivity contribution in [2.24, 2.45) is 0 Å². The van der Waals surface area contributed by atoms with Gasteiger partial charge in [0.1, 0.15) is 29.2 Å². The summed E-state index contributed by atoms with van der Waals surface area (Å²) in [6.45, 7) is 4.21. The Hall–Kier alpha value is -3.69. The second-order valence-corrected chi connectivity index (χ2v) is 7.96. The molecule has 3 rings (SSSR count). The van der Waals surface area contributed by atoms with Crippen molar-refractivity contribution in [2.45, 2.75) is 39.3 Å². The number of fused-ring (bicyclic) bond motifs is 1. The van der Waals surface area contributed by atoms with E-state index in [0.717, 1.165) is 0 Å². The Labute approximate surface area is 182 Å². The van der Waals surface area contributed by atoms with E-state index in [4.69, 9.17) is 9.47 Å². The molecule has 0 aliphatic rings. The number of nitrogens with zero attached hydrogens (tertiary/aromatic N) is 2. The number of para-hydroxylation sites is 1. The third kappa shape index (κ3) is 5.13. The van der Waals surface area contributed by atoms with Gasteiger partial charge in [-0.25, -0.2) is 18.1 Å². The molecule has 0 aliphatic heterocycles. The summed E-state index contributed by atoms with van der Waals surface area (Å²) < 4.78 is 38.8. The average Bonchev–Trinajstić information content (AvgIpc) is 3.07. The molecule has 0 saturated carbocycles. The van der Waals surface area contributed by atoms with Gasteiger partial charge in [0.25, 0.3) is 12.0 Å². The smallest absolute Gasteiger partial charge is 0.419 e. The SMILES string of the molecule is CC(C)(C)OC(=O)n1c(Cn2cccc(NC=O)c2=O)cc2cccc(OCC(F)F)c21. The summed E-state index contributed by atoms with van der Waals surface area (Å²) in [4.78, 5) is 36.5. The van der Waals surface area contributed by atoms with Crippen LogP contribution in [0, 0.1) is 0 Å². The van der Waals surface area contributed by atoms with Crippen LogP contribution >= 0.6 is 0 Å². The molecule has 0 spiro atoms. The fourth-order valence-electron chi connectivity index (χ4n) is 3.19. The van der Waals surface area contributed by atoms with Gasteiger partial charge in [-0.05, 0) is 45.0 Å². The Morgan fingerprint density at radius 2 is 1.97 bits per heavy atom. The molecule has 1 aromatic carbocycles. The van der Waals surface area contributed by atoms with Crippen LogP contribution < -0.4 is 15.6 Å². The number of alkyl halides is 2. The zero-order chi connectivity index (χ0) is 23.5. The monoisotopic (exact) mass is 447 g/mol. The highest BCUT2D eigenvalue weighted by molar-refractivity contribution is 5.95. The Balaban J connectivity index is 2.15. The van der Waals surface area contributed by atoms with E-state index >= 15 is 0 Å². The Bertz CT molecular complexity index is 1190. The topological polar surface area (TPSA) is 91.6 Å². The number of halogens is 2. The van der Waals surface area contributed by atoms with Crippen molar-refractivity contribution in [1.82, 2.24) is 9.13 Å². The summed E-state index contributed by atoms with van der Waals surface area (Å²) in [5, 5.41) is 2.88. The predicted octanol–water partition coefficient (Wildman–Crippen LogP) is 3.85. The molecule has 8 nitrogen and oxygen atoms in total. The molecule has 32 heavy (non-hydrogen) atoms. The van der Waals surface area contributed by atoms with Crippen molar-refractivity contribution in [3.05, 3.63) is 58.6 Å². The maximum atomic E-state index is 13.1. The Morgan fingerprint density at radius 1 is 1.22 bits per heavy atom. The average molecular weight is 447 g/mol. The van der Waals surface area contributed by atoms with Gasteiger partial charge in [-0.15, -0.1) is 0 Å². The molecule has 0 saturated heterocycles. The van der Waals surface area contributed by atoms with E-state index in [-0.39, 0.29) is 23.5 Å². The largest absolute Gasteiger partial charge is 0.485 e. The fraction of sp³-hybridized carbons (Fsp3) is 0.318. The first-order valence-corrected chi connectivity index (χ1v) is 9.78. The molecule has 0 radical (unpaired) electrons. The van der Waals surface area contributed by atoms with Crippen molar-refractivity contribution in [2.75, 3.05) is 11.9 Å². The van der Waals surface area contributed by atoms with Gasteiger partial charge in [-0.2, -0.15) is 0 Å². The lowest BCUT2D eigenvalue weighted by Gasteiger charge is -2.21. The lowest BCUT2D eigenvalue weighted by Crippen LogP contribution is -2.29. The minimum Gasteiger partial charge on any atom is -0.485 e. The van der Waals surface area contributed by atoms with Gasteiger partial charge >= 0.3 is 6.09 Å². The molecule has 2 aromatic heterocycles. The van der Waals surface area contributed by atoms with Gasteiger partial charge in [-0.3, -0.25) is 9.59 Å². The standard InChI is InChI=1S/C22H23F2N3O5/c1-22(2,3)32-21(30)27-15(11-26-9-5-7-16(20(26)29)25-13-28)10-14-6-4-8-17(19(14)27)31-12-18(23)24/h4-10,13,18H,11-12H2,1-3H3,(H,25,28). The normalized spacial score (nSPS) is 11.6. The van der Waals surface area contributed by atoms with E-state index in [1.807, 2.05) is 0 Å². The van der Waals surface area contributed by atoms with Crippen LogP contribution in [0.2, 0.25) is 0 Å². The highest BCUT2D eigenvalue weighted by atomic mass is 19.3. The van der Waals surface area contributed by atoms with E-state index in [9.17, 15) is 23.2 Å². The second kappa shape index (κ2) is 9.21. The maximum Gasteiger partial charge on any atom is 0.419 e. The molecular weight excluding hydrogens is 424 g/mol. The maximum absolute atomic E-state index is 13.1. The lowest BCUT2D eigenvalue weighted by molar-refractivity contribution is -0.105. The zero-order valence-corrected chi connectivity index (χ0v) is 17.8. The number of hydrogen-bond donors (Lipinski definition) is 1. The molecule has 0 fully saturated rings. The third-order valence-corrected chi connectivity index (χ3v) is 4.37. The third-order valence-electron chi connectivity index (χ3n) is 4.37.